The van der Waals surface area contributed by atoms with Gasteiger partial charge >= 0.3 is 0 Å². The molecule has 0 saturated carbocycles. The van der Waals surface area contributed by atoms with Crippen LogP contribution in [0.15, 0.2) is 18.2 Å². The van der Waals surface area contributed by atoms with Gasteiger partial charge in [0.15, 0.2) is 11.6 Å². The van der Waals surface area contributed by atoms with Gasteiger partial charge in [-0.3, -0.25) is 0 Å². The number of terminal acetylenes is 1. The molecule has 1 rings (SSSR count). The monoisotopic (exact) mass is 193 g/mol. The summed E-state index contributed by atoms with van der Waals surface area (Å²) >= 11 is 0. The summed E-state index contributed by atoms with van der Waals surface area (Å²) in [6.45, 7) is 2.64. The first-order valence-corrected chi connectivity index (χ1v) is 4.37. The highest BCUT2D eigenvalue weighted by Gasteiger charge is 2.02. The number of nitrogens with one attached hydrogen (secondary N) is 1. The summed E-state index contributed by atoms with van der Waals surface area (Å²) in [5, 5.41) is 2.87. The van der Waals surface area contributed by atoms with Crippen LogP contribution in [0.25, 0.3) is 0 Å². The van der Waals surface area contributed by atoms with Gasteiger partial charge in [0.05, 0.1) is 13.2 Å². The molecular weight excluding hydrogens is 181 g/mol. The van der Waals surface area contributed by atoms with Gasteiger partial charge in [0, 0.05) is 11.8 Å². The minimum absolute atomic E-state index is 0.263. The molecule has 0 aromatic heterocycles. The molecule has 0 radical (unpaired) electrons. The maximum atomic E-state index is 13.2. The number of hydrogen-bond acceptors (Lipinski definition) is 2. The maximum absolute atomic E-state index is 13.2. The van der Waals surface area contributed by atoms with E-state index in [0.717, 1.165) is 0 Å². The number of ether oxygens (including phenoxy) is 1. The molecule has 3 heteroatoms. The fourth-order valence-corrected chi connectivity index (χ4v) is 1.04. The van der Waals surface area contributed by atoms with Crippen molar-refractivity contribution in [1.29, 1.82) is 0 Å². The molecule has 0 amide bonds. The fourth-order valence-electron chi connectivity index (χ4n) is 1.04. The van der Waals surface area contributed by atoms with Gasteiger partial charge in [-0.2, -0.15) is 0 Å². The minimum atomic E-state index is -0.381. The first-order chi connectivity index (χ1) is 6.77. The molecule has 0 heterocycles. The normalized spacial score (nSPS) is 9.21. The van der Waals surface area contributed by atoms with Gasteiger partial charge < -0.3 is 10.1 Å². The zero-order chi connectivity index (χ0) is 10.4. The molecule has 0 atom stereocenters. The summed E-state index contributed by atoms with van der Waals surface area (Å²) in [6.07, 6.45) is 5.06. The number of anilines is 1. The van der Waals surface area contributed by atoms with E-state index in [1.165, 1.54) is 6.07 Å². The van der Waals surface area contributed by atoms with Gasteiger partial charge in [-0.15, -0.1) is 6.42 Å². The second-order valence-electron chi connectivity index (χ2n) is 2.64. The van der Waals surface area contributed by atoms with Crippen LogP contribution < -0.4 is 10.1 Å². The standard InChI is InChI=1S/C11H12FNO/c1-3-7-13-9-5-6-11(14-4-2)10(12)8-9/h1,5-6,8,13H,4,7H2,2H3. The molecule has 0 fully saturated rings. The molecule has 0 bridgehead atoms. The molecule has 1 N–H and O–H groups in total. The van der Waals surface area contributed by atoms with Crippen molar-refractivity contribution >= 4 is 5.69 Å². The topological polar surface area (TPSA) is 21.3 Å². The van der Waals surface area contributed by atoms with Crippen molar-refractivity contribution < 1.29 is 9.13 Å². The van der Waals surface area contributed by atoms with Gasteiger partial charge in [0.25, 0.3) is 0 Å². The highest BCUT2D eigenvalue weighted by atomic mass is 19.1. The van der Waals surface area contributed by atoms with Crippen LogP contribution in [0.4, 0.5) is 10.1 Å². The Balaban J connectivity index is 2.74. The summed E-state index contributed by atoms with van der Waals surface area (Å²) in [5.74, 6) is 2.29. The molecule has 14 heavy (non-hydrogen) atoms. The van der Waals surface area contributed by atoms with Crippen molar-refractivity contribution in [3.05, 3.63) is 24.0 Å². The largest absolute Gasteiger partial charge is 0.491 e. The van der Waals surface area contributed by atoms with Crippen molar-refractivity contribution in [1.82, 2.24) is 0 Å². The smallest absolute Gasteiger partial charge is 0.167 e. The van der Waals surface area contributed by atoms with E-state index in [2.05, 4.69) is 11.2 Å². The van der Waals surface area contributed by atoms with Crippen LogP contribution in [-0.2, 0) is 0 Å². The Morgan fingerprint density at radius 3 is 2.93 bits per heavy atom. The molecule has 0 spiro atoms. The van der Waals surface area contributed by atoms with Crippen molar-refractivity contribution in [2.45, 2.75) is 6.92 Å². The number of benzene rings is 1. The number of rotatable bonds is 4. The third-order valence-corrected chi connectivity index (χ3v) is 1.63. The first kappa shape index (κ1) is 10.4. The number of halogens is 1. The van der Waals surface area contributed by atoms with Gasteiger partial charge in [-0.05, 0) is 19.1 Å². The highest BCUT2D eigenvalue weighted by Crippen LogP contribution is 2.20. The quantitative estimate of drug-likeness (QED) is 0.740. The molecule has 2 nitrogen and oxygen atoms in total. The molecule has 0 aliphatic heterocycles. The Hall–Kier alpha value is -1.69. The van der Waals surface area contributed by atoms with Crippen LogP contribution in [0.2, 0.25) is 0 Å². The fraction of sp³-hybridized carbons (Fsp3) is 0.273. The Bertz CT molecular complexity index is 344. The van der Waals surface area contributed by atoms with Crippen LogP contribution in [0.3, 0.4) is 0 Å². The minimum Gasteiger partial charge on any atom is -0.491 e. The third kappa shape index (κ3) is 2.67. The molecule has 74 valence electrons. The average Bonchev–Trinajstić information content (AvgIpc) is 2.19. The Morgan fingerprint density at radius 1 is 1.57 bits per heavy atom. The van der Waals surface area contributed by atoms with Crippen molar-refractivity contribution in [3.8, 4) is 18.1 Å². The third-order valence-electron chi connectivity index (χ3n) is 1.63. The molecule has 1 aromatic rings. The first-order valence-electron chi connectivity index (χ1n) is 4.37. The molecule has 1 aromatic carbocycles. The van der Waals surface area contributed by atoms with Gasteiger partial charge in [0.2, 0.25) is 0 Å². The lowest BCUT2D eigenvalue weighted by Crippen LogP contribution is -2.00. The van der Waals surface area contributed by atoms with E-state index < -0.39 is 0 Å². The lowest BCUT2D eigenvalue weighted by atomic mass is 10.3. The van der Waals surface area contributed by atoms with Crippen LogP contribution in [0, 0.1) is 18.2 Å². The van der Waals surface area contributed by atoms with Crippen LogP contribution in [0.1, 0.15) is 6.92 Å². The molecule has 0 saturated heterocycles. The molecular formula is C11H12FNO. The van der Waals surface area contributed by atoms with E-state index in [4.69, 9.17) is 11.2 Å². The van der Waals surface area contributed by atoms with Crippen LogP contribution in [-0.4, -0.2) is 13.2 Å². The van der Waals surface area contributed by atoms with E-state index in [1.807, 2.05) is 6.92 Å². The van der Waals surface area contributed by atoms with E-state index in [9.17, 15) is 4.39 Å². The summed E-state index contributed by atoms with van der Waals surface area (Å²) in [7, 11) is 0. The Labute approximate surface area is 83.1 Å². The summed E-state index contributed by atoms with van der Waals surface area (Å²) in [5.41, 5.74) is 0.656. The Kier molecular flexibility index (Phi) is 3.81. The van der Waals surface area contributed by atoms with E-state index in [0.29, 0.717) is 18.8 Å². The van der Waals surface area contributed by atoms with E-state index in [1.54, 1.807) is 12.1 Å². The van der Waals surface area contributed by atoms with Gasteiger partial charge in [-0.1, -0.05) is 5.92 Å². The average molecular weight is 193 g/mol. The van der Waals surface area contributed by atoms with Crippen molar-refractivity contribution in [2.24, 2.45) is 0 Å². The van der Waals surface area contributed by atoms with E-state index >= 15 is 0 Å². The van der Waals surface area contributed by atoms with Gasteiger partial charge in [-0.25, -0.2) is 4.39 Å². The van der Waals surface area contributed by atoms with E-state index in [-0.39, 0.29) is 11.6 Å². The Morgan fingerprint density at radius 2 is 2.36 bits per heavy atom. The van der Waals surface area contributed by atoms with Crippen LogP contribution in [0.5, 0.6) is 5.75 Å². The second-order valence-corrected chi connectivity index (χ2v) is 2.64. The molecule has 0 aliphatic rings. The van der Waals surface area contributed by atoms with Crippen LogP contribution >= 0.6 is 0 Å². The predicted molar refractivity (Wildman–Crippen MR) is 54.9 cm³/mol. The second kappa shape index (κ2) is 5.13. The zero-order valence-corrected chi connectivity index (χ0v) is 8.01. The summed E-state index contributed by atoms with van der Waals surface area (Å²) in [4.78, 5) is 0. The lowest BCUT2D eigenvalue weighted by molar-refractivity contribution is 0.321. The van der Waals surface area contributed by atoms with Crippen molar-refractivity contribution in [3.63, 3.8) is 0 Å². The summed E-state index contributed by atoms with van der Waals surface area (Å²) < 4.78 is 18.3. The lowest BCUT2D eigenvalue weighted by Gasteiger charge is -2.07. The SMILES string of the molecule is C#CCNc1ccc(OCC)c(F)c1. The summed E-state index contributed by atoms with van der Waals surface area (Å²) in [6, 6.07) is 4.67. The molecule has 0 unspecified atom stereocenters. The number of hydrogen-bond donors (Lipinski definition) is 1. The van der Waals surface area contributed by atoms with Gasteiger partial charge in [0.1, 0.15) is 0 Å². The molecule has 0 aliphatic carbocycles. The van der Waals surface area contributed by atoms with Crippen molar-refractivity contribution in [2.75, 3.05) is 18.5 Å². The maximum Gasteiger partial charge on any atom is 0.167 e. The predicted octanol–water partition coefficient (Wildman–Crippen LogP) is 2.27. The zero-order valence-electron chi connectivity index (χ0n) is 8.01. The highest BCUT2D eigenvalue weighted by molar-refractivity contribution is 5.47.